The maximum absolute atomic E-state index is 13.2. The average Bonchev–Trinajstić information content (AvgIpc) is 3.00. The largest absolute Gasteiger partial charge is 0.497 e. The highest BCUT2D eigenvalue weighted by Crippen LogP contribution is 2.32. The van der Waals surface area contributed by atoms with Crippen LogP contribution < -0.4 is 4.74 Å². The van der Waals surface area contributed by atoms with Gasteiger partial charge >= 0.3 is 5.97 Å². The predicted octanol–water partition coefficient (Wildman–Crippen LogP) is 4.17. The molecule has 0 saturated carbocycles. The Bertz CT molecular complexity index is 1140. The van der Waals surface area contributed by atoms with Gasteiger partial charge in [-0.3, -0.25) is 4.79 Å². The summed E-state index contributed by atoms with van der Waals surface area (Å²) in [5.74, 6) is -0.0448. The number of carbonyl (C=O) groups excluding carboxylic acids is 2. The van der Waals surface area contributed by atoms with Crippen molar-refractivity contribution >= 4 is 28.4 Å². The molecule has 4 rings (SSSR count). The van der Waals surface area contributed by atoms with Crippen LogP contribution in [0.25, 0.3) is 16.5 Å². The lowest BCUT2D eigenvalue weighted by Crippen LogP contribution is -2.28. The third-order valence-electron chi connectivity index (χ3n) is 5.11. The first-order valence-corrected chi connectivity index (χ1v) is 9.95. The van der Waals surface area contributed by atoms with Crippen molar-refractivity contribution in [3.05, 3.63) is 71.6 Å². The molecule has 3 aromatic rings. The van der Waals surface area contributed by atoms with Crippen LogP contribution in [0, 0.1) is 0 Å². The van der Waals surface area contributed by atoms with Crippen LogP contribution in [-0.2, 0) is 16.0 Å². The lowest BCUT2D eigenvalue weighted by Gasteiger charge is -2.18. The summed E-state index contributed by atoms with van der Waals surface area (Å²) in [7, 11) is 1.56. The number of rotatable bonds is 4. The highest BCUT2D eigenvalue weighted by atomic mass is 16.5. The summed E-state index contributed by atoms with van der Waals surface area (Å²) in [6.45, 7) is 4.06. The van der Waals surface area contributed by atoms with E-state index in [1.165, 1.54) is 0 Å². The number of hydrogen-bond donors (Lipinski definition) is 1. The molecule has 30 heavy (non-hydrogen) atoms. The monoisotopic (exact) mass is 404 g/mol. The second-order valence-corrected chi connectivity index (χ2v) is 7.50. The van der Waals surface area contributed by atoms with E-state index in [9.17, 15) is 9.59 Å². The highest BCUT2D eigenvalue weighted by Gasteiger charge is 2.28. The lowest BCUT2D eigenvalue weighted by atomic mass is 10.0. The number of amides is 1. The molecule has 2 heterocycles. The van der Waals surface area contributed by atoms with Crippen molar-refractivity contribution in [2.24, 2.45) is 0 Å². The number of aromatic nitrogens is 1. The van der Waals surface area contributed by atoms with Crippen LogP contribution in [0.1, 0.15) is 35.5 Å². The first-order chi connectivity index (χ1) is 14.5. The van der Waals surface area contributed by atoms with Crippen molar-refractivity contribution in [1.29, 1.82) is 0 Å². The van der Waals surface area contributed by atoms with E-state index in [1.54, 1.807) is 56.3 Å². The summed E-state index contributed by atoms with van der Waals surface area (Å²) in [6, 6.07) is 14.9. The van der Waals surface area contributed by atoms with E-state index in [0.29, 0.717) is 35.5 Å². The molecule has 6 heteroatoms. The van der Waals surface area contributed by atoms with Gasteiger partial charge in [0.1, 0.15) is 5.75 Å². The van der Waals surface area contributed by atoms with Gasteiger partial charge < -0.3 is 19.4 Å². The number of para-hydroxylation sites is 1. The molecule has 0 aliphatic carbocycles. The fourth-order valence-electron chi connectivity index (χ4n) is 3.72. The molecule has 0 spiro atoms. The molecule has 1 aromatic heterocycles. The quantitative estimate of drug-likeness (QED) is 0.663. The van der Waals surface area contributed by atoms with Crippen molar-refractivity contribution in [3.8, 4) is 5.75 Å². The Hall–Kier alpha value is -3.54. The zero-order valence-corrected chi connectivity index (χ0v) is 17.3. The van der Waals surface area contributed by atoms with Gasteiger partial charge in [0.05, 0.1) is 24.5 Å². The third-order valence-corrected chi connectivity index (χ3v) is 5.11. The molecule has 0 radical (unpaired) electrons. The number of nitrogens with zero attached hydrogens (tertiary/aromatic N) is 1. The number of carbonyl (C=O) groups is 2. The Kier molecular flexibility index (Phi) is 5.31. The second-order valence-electron chi connectivity index (χ2n) is 7.50. The van der Waals surface area contributed by atoms with E-state index in [-0.39, 0.29) is 12.0 Å². The standard InChI is InChI=1S/C24H24N2O4/c1-15(2)30-24(28)20-14-26(23(27)16-7-6-8-17(13-16)29-3)12-11-19-18-9-4-5-10-21(18)25-22(19)20/h4-10,13-15,25H,11-12H2,1-3H3. The smallest absolute Gasteiger partial charge is 0.342 e. The van der Waals surface area contributed by atoms with Crippen LogP contribution in [0.5, 0.6) is 5.75 Å². The first kappa shape index (κ1) is 19.8. The molecule has 6 nitrogen and oxygen atoms in total. The van der Waals surface area contributed by atoms with E-state index in [0.717, 1.165) is 16.5 Å². The van der Waals surface area contributed by atoms with Gasteiger partial charge in [-0.25, -0.2) is 4.79 Å². The summed E-state index contributed by atoms with van der Waals surface area (Å²) in [4.78, 5) is 31.1. The Labute approximate surface area is 175 Å². The molecule has 1 amide bonds. The average molecular weight is 404 g/mol. The minimum atomic E-state index is -0.455. The molecular weight excluding hydrogens is 380 g/mol. The number of fused-ring (bicyclic) bond motifs is 3. The zero-order chi connectivity index (χ0) is 21.3. The Morgan fingerprint density at radius 1 is 1.10 bits per heavy atom. The highest BCUT2D eigenvalue weighted by molar-refractivity contribution is 6.18. The van der Waals surface area contributed by atoms with Crippen LogP contribution >= 0.6 is 0 Å². The van der Waals surface area contributed by atoms with Gasteiger partial charge in [-0.2, -0.15) is 0 Å². The molecule has 0 bridgehead atoms. The molecule has 0 atom stereocenters. The normalized spacial score (nSPS) is 13.6. The van der Waals surface area contributed by atoms with Crippen LogP contribution in [-0.4, -0.2) is 41.5 Å². The molecule has 0 fully saturated rings. The van der Waals surface area contributed by atoms with Crippen molar-refractivity contribution in [1.82, 2.24) is 9.88 Å². The van der Waals surface area contributed by atoms with E-state index >= 15 is 0 Å². The minimum absolute atomic E-state index is 0.196. The number of benzene rings is 2. The van der Waals surface area contributed by atoms with Crippen LogP contribution in [0.15, 0.2) is 54.7 Å². The molecule has 1 aliphatic rings. The molecule has 2 aromatic carbocycles. The Balaban J connectivity index is 1.78. The Morgan fingerprint density at radius 2 is 1.90 bits per heavy atom. The van der Waals surface area contributed by atoms with Crippen LogP contribution in [0.4, 0.5) is 0 Å². The SMILES string of the molecule is COc1cccc(C(=O)N2C=C(C(=O)OC(C)C)c3[nH]c4ccccc4c3CC2)c1. The molecule has 1 N–H and O–H groups in total. The summed E-state index contributed by atoms with van der Waals surface area (Å²) < 4.78 is 10.7. The second kappa shape index (κ2) is 8.06. The number of aromatic amines is 1. The maximum Gasteiger partial charge on any atom is 0.342 e. The maximum atomic E-state index is 13.2. The van der Waals surface area contributed by atoms with Crippen molar-refractivity contribution in [3.63, 3.8) is 0 Å². The summed E-state index contributed by atoms with van der Waals surface area (Å²) in [5, 5.41) is 1.05. The molecular formula is C24H24N2O4. The molecule has 1 aliphatic heterocycles. The van der Waals surface area contributed by atoms with Crippen LogP contribution in [0.2, 0.25) is 0 Å². The summed E-state index contributed by atoms with van der Waals surface area (Å²) >= 11 is 0. The van der Waals surface area contributed by atoms with E-state index in [2.05, 4.69) is 4.98 Å². The minimum Gasteiger partial charge on any atom is -0.497 e. The van der Waals surface area contributed by atoms with Gasteiger partial charge in [0.15, 0.2) is 0 Å². The van der Waals surface area contributed by atoms with E-state index in [1.807, 2.05) is 24.3 Å². The number of H-pyrrole nitrogens is 1. The van der Waals surface area contributed by atoms with Gasteiger partial charge in [0, 0.05) is 29.2 Å². The number of esters is 1. The summed E-state index contributed by atoms with van der Waals surface area (Å²) in [5.41, 5.74) is 3.53. The first-order valence-electron chi connectivity index (χ1n) is 9.95. The van der Waals surface area contributed by atoms with Gasteiger partial charge in [-0.15, -0.1) is 0 Å². The van der Waals surface area contributed by atoms with Crippen molar-refractivity contribution < 1.29 is 19.1 Å². The molecule has 0 unspecified atom stereocenters. The fourth-order valence-corrected chi connectivity index (χ4v) is 3.72. The van der Waals surface area contributed by atoms with E-state index < -0.39 is 5.97 Å². The van der Waals surface area contributed by atoms with Gasteiger partial charge in [-0.05, 0) is 50.1 Å². The zero-order valence-electron chi connectivity index (χ0n) is 17.3. The van der Waals surface area contributed by atoms with Gasteiger partial charge in [-0.1, -0.05) is 24.3 Å². The molecule has 154 valence electrons. The number of nitrogens with one attached hydrogen (secondary N) is 1. The Morgan fingerprint density at radius 3 is 2.67 bits per heavy atom. The van der Waals surface area contributed by atoms with Crippen LogP contribution in [0.3, 0.4) is 0 Å². The van der Waals surface area contributed by atoms with E-state index in [4.69, 9.17) is 9.47 Å². The van der Waals surface area contributed by atoms with Crippen molar-refractivity contribution in [2.75, 3.05) is 13.7 Å². The number of ether oxygens (including phenoxy) is 2. The van der Waals surface area contributed by atoms with Gasteiger partial charge in [0.2, 0.25) is 0 Å². The molecule has 0 saturated heterocycles. The fraction of sp³-hybridized carbons (Fsp3) is 0.250. The number of methoxy groups -OCH3 is 1. The lowest BCUT2D eigenvalue weighted by molar-refractivity contribution is -0.140. The summed E-state index contributed by atoms with van der Waals surface area (Å²) in [6.07, 6.45) is 1.95. The van der Waals surface area contributed by atoms with Gasteiger partial charge in [0.25, 0.3) is 5.91 Å². The third kappa shape index (κ3) is 3.68. The topological polar surface area (TPSA) is 71.6 Å². The number of hydrogen-bond acceptors (Lipinski definition) is 4. The van der Waals surface area contributed by atoms with Crippen molar-refractivity contribution in [2.45, 2.75) is 26.4 Å². The predicted molar refractivity (Wildman–Crippen MR) is 115 cm³/mol.